The summed E-state index contributed by atoms with van der Waals surface area (Å²) in [5.41, 5.74) is 0.820. The second kappa shape index (κ2) is 8.34. The number of anilines is 1. The monoisotopic (exact) mass is 465 g/mol. The van der Waals surface area contributed by atoms with Crippen LogP contribution in [0.2, 0.25) is 0 Å². The largest absolute Gasteiger partial charge is 0.493 e. The lowest BCUT2D eigenvalue weighted by Crippen LogP contribution is -2.35. The van der Waals surface area contributed by atoms with Crippen LogP contribution in [0.25, 0.3) is 0 Å². The number of nitrogens with zero attached hydrogens (tertiary/aromatic N) is 2. The minimum Gasteiger partial charge on any atom is -0.493 e. The van der Waals surface area contributed by atoms with Crippen molar-refractivity contribution in [2.24, 2.45) is 0 Å². The first-order valence-corrected chi connectivity index (χ1v) is 12.1. The number of hydrogen-bond acceptors (Lipinski definition) is 8. The molecule has 0 bridgehead atoms. The Bertz CT molecular complexity index is 1170. The molecule has 0 unspecified atom stereocenters. The number of aromatic nitrogens is 1. The third-order valence-corrected chi connectivity index (χ3v) is 8.36. The molecule has 0 saturated carbocycles. The van der Waals surface area contributed by atoms with E-state index in [1.807, 2.05) is 11.4 Å². The van der Waals surface area contributed by atoms with E-state index in [0.717, 1.165) is 10.6 Å². The zero-order chi connectivity index (χ0) is 21.3. The molecule has 1 amide bonds. The van der Waals surface area contributed by atoms with Crippen LogP contribution in [0, 0.1) is 0 Å². The van der Waals surface area contributed by atoms with Crippen molar-refractivity contribution in [1.82, 2.24) is 9.29 Å². The number of amides is 1. The molecule has 0 radical (unpaired) electrons. The van der Waals surface area contributed by atoms with Crippen LogP contribution in [0.3, 0.4) is 0 Å². The second-order valence-corrected chi connectivity index (χ2v) is 10.4. The molecule has 1 aromatic carbocycles. The summed E-state index contributed by atoms with van der Waals surface area (Å²) < 4.78 is 38.1. The fraction of sp³-hybridized carbons (Fsp3) is 0.263. The van der Waals surface area contributed by atoms with E-state index in [1.54, 1.807) is 12.1 Å². The highest BCUT2D eigenvalue weighted by Crippen LogP contribution is 2.34. The second-order valence-electron chi connectivity index (χ2n) is 6.43. The number of methoxy groups -OCH3 is 2. The third kappa shape index (κ3) is 3.93. The van der Waals surface area contributed by atoms with Gasteiger partial charge in [0, 0.05) is 23.9 Å². The van der Waals surface area contributed by atoms with Gasteiger partial charge in [-0.25, -0.2) is 13.4 Å². The van der Waals surface area contributed by atoms with Crippen molar-refractivity contribution in [2.75, 3.05) is 26.1 Å². The number of rotatable bonds is 6. The maximum atomic E-state index is 13.2. The number of ether oxygens (including phenoxy) is 2. The maximum Gasteiger partial charge on any atom is 0.267 e. The Hall–Kier alpha value is -2.47. The van der Waals surface area contributed by atoms with Crippen LogP contribution in [-0.4, -0.2) is 44.4 Å². The summed E-state index contributed by atoms with van der Waals surface area (Å²) in [4.78, 5) is 18.3. The number of sulfonamides is 1. The average Bonchev–Trinajstić information content (AvgIpc) is 3.42. The molecule has 0 atom stereocenters. The standard InChI is InChI=1S/C19H19N3O5S3/c1-26-14-6-5-12(10-15(14)27-2)30(24,25)22-8-7-13-17(11-22)29-19(20-13)21-18(23)16-4-3-9-28-16/h3-6,9-10H,7-8,11H2,1-2H3,(H,20,21,23). The van der Waals surface area contributed by atoms with Crippen LogP contribution in [0.1, 0.15) is 20.2 Å². The lowest BCUT2D eigenvalue weighted by atomic mass is 10.2. The topological polar surface area (TPSA) is 97.8 Å². The molecular formula is C19H19N3O5S3. The molecule has 0 aliphatic carbocycles. The first-order chi connectivity index (χ1) is 14.4. The summed E-state index contributed by atoms with van der Waals surface area (Å²) in [7, 11) is -0.761. The molecule has 30 heavy (non-hydrogen) atoms. The van der Waals surface area contributed by atoms with E-state index < -0.39 is 10.0 Å². The average molecular weight is 466 g/mol. The Morgan fingerprint density at radius 3 is 2.70 bits per heavy atom. The van der Waals surface area contributed by atoms with Gasteiger partial charge in [-0.3, -0.25) is 10.1 Å². The van der Waals surface area contributed by atoms with Crippen LogP contribution in [0.15, 0.2) is 40.6 Å². The number of hydrogen-bond donors (Lipinski definition) is 1. The first kappa shape index (κ1) is 20.8. The van der Waals surface area contributed by atoms with E-state index in [1.165, 1.54) is 53.3 Å². The summed E-state index contributed by atoms with van der Waals surface area (Å²) in [6.45, 7) is 0.518. The summed E-state index contributed by atoms with van der Waals surface area (Å²) in [5, 5.41) is 5.10. The van der Waals surface area contributed by atoms with Gasteiger partial charge < -0.3 is 9.47 Å². The van der Waals surface area contributed by atoms with Crippen molar-refractivity contribution in [2.45, 2.75) is 17.9 Å². The predicted molar refractivity (Wildman–Crippen MR) is 115 cm³/mol. The molecule has 4 rings (SSSR count). The van der Waals surface area contributed by atoms with Crippen molar-refractivity contribution in [3.8, 4) is 11.5 Å². The molecule has 2 aromatic heterocycles. The van der Waals surface area contributed by atoms with Gasteiger partial charge in [0.25, 0.3) is 5.91 Å². The minimum absolute atomic E-state index is 0.138. The lowest BCUT2D eigenvalue weighted by Gasteiger charge is -2.25. The number of thiophene rings is 1. The van der Waals surface area contributed by atoms with Crippen molar-refractivity contribution < 1.29 is 22.7 Å². The van der Waals surface area contributed by atoms with Gasteiger partial charge in [-0.1, -0.05) is 6.07 Å². The molecule has 1 aliphatic rings. The molecule has 3 aromatic rings. The smallest absolute Gasteiger partial charge is 0.267 e. The molecule has 0 fully saturated rings. The number of nitrogens with one attached hydrogen (secondary N) is 1. The minimum atomic E-state index is -3.72. The van der Waals surface area contributed by atoms with E-state index in [2.05, 4.69) is 10.3 Å². The highest BCUT2D eigenvalue weighted by Gasteiger charge is 2.31. The van der Waals surface area contributed by atoms with Gasteiger partial charge in [-0.05, 0) is 23.6 Å². The molecule has 1 N–H and O–H groups in total. The highest BCUT2D eigenvalue weighted by molar-refractivity contribution is 7.89. The van der Waals surface area contributed by atoms with Crippen molar-refractivity contribution in [1.29, 1.82) is 0 Å². The zero-order valence-corrected chi connectivity index (χ0v) is 18.7. The third-order valence-electron chi connectivity index (χ3n) is 4.65. The van der Waals surface area contributed by atoms with E-state index >= 15 is 0 Å². The van der Waals surface area contributed by atoms with Crippen LogP contribution in [0.5, 0.6) is 11.5 Å². The Morgan fingerprint density at radius 2 is 2.00 bits per heavy atom. The van der Waals surface area contributed by atoms with Gasteiger partial charge >= 0.3 is 0 Å². The first-order valence-electron chi connectivity index (χ1n) is 8.98. The lowest BCUT2D eigenvalue weighted by molar-refractivity contribution is 0.103. The van der Waals surface area contributed by atoms with Crippen LogP contribution < -0.4 is 14.8 Å². The predicted octanol–water partition coefficient (Wildman–Crippen LogP) is 3.22. The summed E-state index contributed by atoms with van der Waals surface area (Å²) in [6, 6.07) is 8.09. The van der Waals surface area contributed by atoms with Crippen molar-refractivity contribution in [3.63, 3.8) is 0 Å². The Morgan fingerprint density at radius 1 is 1.20 bits per heavy atom. The van der Waals surface area contributed by atoms with Crippen LogP contribution >= 0.6 is 22.7 Å². The van der Waals surface area contributed by atoms with Gasteiger partial charge in [0.2, 0.25) is 10.0 Å². The van der Waals surface area contributed by atoms with Crippen LogP contribution in [0.4, 0.5) is 5.13 Å². The summed E-state index contributed by atoms with van der Waals surface area (Å²) >= 11 is 2.65. The molecule has 8 nitrogen and oxygen atoms in total. The highest BCUT2D eigenvalue weighted by atomic mass is 32.2. The number of thiazole rings is 1. The van der Waals surface area contributed by atoms with Gasteiger partial charge in [-0.2, -0.15) is 4.31 Å². The van der Waals surface area contributed by atoms with Gasteiger partial charge in [0.15, 0.2) is 16.6 Å². The van der Waals surface area contributed by atoms with Crippen LogP contribution in [-0.2, 0) is 23.0 Å². The number of benzene rings is 1. The summed E-state index contributed by atoms with van der Waals surface area (Å²) in [6.07, 6.45) is 0.479. The quantitative estimate of drug-likeness (QED) is 0.600. The number of carbonyl (C=O) groups is 1. The molecule has 11 heteroatoms. The summed E-state index contributed by atoms with van der Waals surface area (Å²) in [5.74, 6) is 0.601. The Kier molecular flexibility index (Phi) is 5.78. The molecule has 0 saturated heterocycles. The Labute approximate surface area is 182 Å². The van der Waals surface area contributed by atoms with Crippen molar-refractivity contribution >= 4 is 43.7 Å². The number of carbonyl (C=O) groups excluding carboxylic acids is 1. The SMILES string of the molecule is COc1ccc(S(=O)(=O)N2CCc3nc(NC(=O)c4cccs4)sc3C2)cc1OC. The van der Waals surface area contributed by atoms with Gasteiger partial charge in [-0.15, -0.1) is 22.7 Å². The molecular weight excluding hydrogens is 446 g/mol. The Balaban J connectivity index is 1.54. The fourth-order valence-electron chi connectivity index (χ4n) is 3.12. The van der Waals surface area contributed by atoms with Gasteiger partial charge in [0.1, 0.15) is 0 Å². The van der Waals surface area contributed by atoms with E-state index in [9.17, 15) is 13.2 Å². The molecule has 0 spiro atoms. The fourth-order valence-corrected chi connectivity index (χ4v) is 6.27. The van der Waals surface area contributed by atoms with Crippen molar-refractivity contribution in [3.05, 3.63) is 51.2 Å². The zero-order valence-electron chi connectivity index (χ0n) is 16.2. The van der Waals surface area contributed by atoms with Gasteiger partial charge in [0.05, 0.1) is 36.2 Å². The van der Waals surface area contributed by atoms with E-state index in [0.29, 0.717) is 34.5 Å². The maximum absolute atomic E-state index is 13.2. The normalized spacial score (nSPS) is 14.2. The molecule has 158 valence electrons. The number of fused-ring (bicyclic) bond motifs is 1. The molecule has 3 heterocycles. The van der Waals surface area contributed by atoms with E-state index in [4.69, 9.17) is 9.47 Å². The van der Waals surface area contributed by atoms with E-state index in [-0.39, 0.29) is 17.3 Å². The molecule has 1 aliphatic heterocycles.